The van der Waals surface area contributed by atoms with Crippen molar-refractivity contribution in [2.45, 2.75) is 32.4 Å². The summed E-state index contributed by atoms with van der Waals surface area (Å²) >= 11 is 0. The number of hydrogen-bond acceptors (Lipinski definition) is 5. The molecule has 2 N–H and O–H groups in total. The molecule has 0 radical (unpaired) electrons. The van der Waals surface area contributed by atoms with Gasteiger partial charge < -0.3 is 19.7 Å². The monoisotopic (exact) mass is 368 g/mol. The number of carbonyl (C=O) groups excluding carboxylic acids is 2. The lowest BCUT2D eigenvalue weighted by atomic mass is 10.0. The molecule has 0 unspecified atom stereocenters. The summed E-state index contributed by atoms with van der Waals surface area (Å²) in [5, 5.41) is 10.1. The fraction of sp³-hybridized carbons (Fsp3) is 0.421. The van der Waals surface area contributed by atoms with Crippen LogP contribution in [-0.4, -0.2) is 40.2 Å². The molecular weight excluding hydrogens is 348 g/mol. The summed E-state index contributed by atoms with van der Waals surface area (Å²) in [7, 11) is 0. The van der Waals surface area contributed by atoms with Crippen LogP contribution in [0.1, 0.15) is 40.2 Å². The first-order chi connectivity index (χ1) is 13.2. The average Bonchev–Trinajstić information content (AvgIpc) is 3.28. The van der Waals surface area contributed by atoms with Gasteiger partial charge in [-0.1, -0.05) is 6.07 Å². The molecule has 2 aliphatic heterocycles. The maximum Gasteiger partial charge on any atom is 0.272 e. The zero-order chi connectivity index (χ0) is 18.4. The highest BCUT2D eigenvalue weighted by atomic mass is 16.7. The predicted molar refractivity (Wildman–Crippen MR) is 94.2 cm³/mol. The molecule has 8 nitrogen and oxygen atoms in total. The number of H-pyrrole nitrogens is 1. The van der Waals surface area contributed by atoms with Gasteiger partial charge in [-0.3, -0.25) is 14.7 Å². The maximum absolute atomic E-state index is 12.7. The quantitative estimate of drug-likeness (QED) is 0.850. The van der Waals surface area contributed by atoms with Gasteiger partial charge in [0.25, 0.3) is 5.91 Å². The van der Waals surface area contributed by atoms with Crippen molar-refractivity contribution < 1.29 is 19.1 Å². The van der Waals surface area contributed by atoms with Crippen LogP contribution in [-0.2, 0) is 24.3 Å². The van der Waals surface area contributed by atoms with Crippen LogP contribution in [0.3, 0.4) is 0 Å². The molecule has 0 saturated heterocycles. The van der Waals surface area contributed by atoms with Crippen LogP contribution in [0.2, 0.25) is 0 Å². The van der Waals surface area contributed by atoms with Gasteiger partial charge in [0.05, 0.1) is 0 Å². The molecule has 1 saturated carbocycles. The molecule has 0 spiro atoms. The van der Waals surface area contributed by atoms with Crippen LogP contribution in [0.15, 0.2) is 18.2 Å². The van der Waals surface area contributed by atoms with Crippen molar-refractivity contribution in [2.24, 2.45) is 5.92 Å². The number of amides is 2. The van der Waals surface area contributed by atoms with Crippen molar-refractivity contribution >= 4 is 11.8 Å². The Morgan fingerprint density at radius 2 is 2.11 bits per heavy atom. The molecule has 1 fully saturated rings. The topological polar surface area (TPSA) is 96.6 Å². The Morgan fingerprint density at radius 1 is 1.26 bits per heavy atom. The second-order valence-corrected chi connectivity index (χ2v) is 7.18. The summed E-state index contributed by atoms with van der Waals surface area (Å²) in [5.41, 5.74) is 3.07. The lowest BCUT2D eigenvalue weighted by molar-refractivity contribution is -0.133. The van der Waals surface area contributed by atoms with E-state index in [-0.39, 0.29) is 24.5 Å². The van der Waals surface area contributed by atoms with Crippen LogP contribution in [0.5, 0.6) is 11.5 Å². The highest BCUT2D eigenvalue weighted by Gasteiger charge is 2.36. The van der Waals surface area contributed by atoms with Crippen molar-refractivity contribution in [3.05, 3.63) is 40.7 Å². The van der Waals surface area contributed by atoms with E-state index in [2.05, 4.69) is 15.5 Å². The van der Waals surface area contributed by atoms with E-state index >= 15 is 0 Å². The third kappa shape index (κ3) is 3.01. The van der Waals surface area contributed by atoms with Gasteiger partial charge in [0.2, 0.25) is 12.7 Å². The lowest BCUT2D eigenvalue weighted by Gasteiger charge is -2.27. The molecule has 3 heterocycles. The molecule has 1 aromatic carbocycles. The predicted octanol–water partition coefficient (Wildman–Crippen LogP) is 1.36. The standard InChI is InChI=1S/C19H20N4O4/c24-18(20-8-11-1-4-15-16(7-11)27-10-26-15)17-13-9-23(19(25)12-2-3-12)6-5-14(13)21-22-17/h1,4,7,12H,2-3,5-6,8-10H2,(H,20,24)(H,21,22). The molecule has 0 bridgehead atoms. The van der Waals surface area contributed by atoms with Crippen LogP contribution >= 0.6 is 0 Å². The minimum absolute atomic E-state index is 0.182. The van der Waals surface area contributed by atoms with Gasteiger partial charge in [-0.05, 0) is 30.5 Å². The Hall–Kier alpha value is -3.03. The Labute approximate surface area is 155 Å². The van der Waals surface area contributed by atoms with Crippen molar-refractivity contribution in [2.75, 3.05) is 13.3 Å². The van der Waals surface area contributed by atoms with Crippen molar-refractivity contribution in [1.29, 1.82) is 0 Å². The minimum atomic E-state index is -0.245. The lowest BCUT2D eigenvalue weighted by Crippen LogP contribution is -2.37. The van der Waals surface area contributed by atoms with Crippen molar-refractivity contribution in [1.82, 2.24) is 20.4 Å². The zero-order valence-electron chi connectivity index (χ0n) is 14.8. The Morgan fingerprint density at radius 3 is 2.96 bits per heavy atom. The summed E-state index contributed by atoms with van der Waals surface area (Å²) in [4.78, 5) is 26.9. The van der Waals surface area contributed by atoms with Crippen LogP contribution in [0.25, 0.3) is 0 Å². The van der Waals surface area contributed by atoms with E-state index < -0.39 is 0 Å². The first-order valence-corrected chi connectivity index (χ1v) is 9.20. The SMILES string of the molecule is O=C(NCc1ccc2c(c1)OCO2)c1n[nH]c2c1CN(C(=O)C1CC1)CC2. The fourth-order valence-corrected chi connectivity index (χ4v) is 3.58. The summed E-state index contributed by atoms with van der Waals surface area (Å²) in [6, 6.07) is 5.59. The molecule has 5 rings (SSSR count). The summed E-state index contributed by atoms with van der Waals surface area (Å²) in [6.07, 6.45) is 2.67. The number of hydrogen-bond donors (Lipinski definition) is 2. The van der Waals surface area contributed by atoms with E-state index in [1.807, 2.05) is 23.1 Å². The highest BCUT2D eigenvalue weighted by molar-refractivity contribution is 5.94. The third-order valence-electron chi connectivity index (χ3n) is 5.28. The van der Waals surface area contributed by atoms with Gasteiger partial charge in [0.15, 0.2) is 17.2 Å². The van der Waals surface area contributed by atoms with E-state index in [1.165, 1.54) is 0 Å². The first-order valence-electron chi connectivity index (χ1n) is 9.20. The number of fused-ring (bicyclic) bond motifs is 2. The maximum atomic E-state index is 12.7. The molecule has 140 valence electrons. The number of nitrogens with zero attached hydrogens (tertiary/aromatic N) is 2. The molecule has 1 aromatic heterocycles. The Balaban J connectivity index is 1.27. The Kier molecular flexibility index (Phi) is 3.77. The number of carbonyl (C=O) groups is 2. The first kappa shape index (κ1) is 16.2. The third-order valence-corrected chi connectivity index (χ3v) is 5.28. The van der Waals surface area contributed by atoms with Crippen LogP contribution < -0.4 is 14.8 Å². The molecule has 2 aromatic rings. The Bertz CT molecular complexity index is 918. The van der Waals surface area contributed by atoms with Gasteiger partial charge in [0.1, 0.15) is 0 Å². The molecule has 27 heavy (non-hydrogen) atoms. The number of rotatable bonds is 4. The molecular formula is C19H20N4O4. The van der Waals surface area contributed by atoms with Crippen molar-refractivity contribution in [3.8, 4) is 11.5 Å². The van der Waals surface area contributed by atoms with Gasteiger partial charge in [-0.2, -0.15) is 5.10 Å². The second-order valence-electron chi connectivity index (χ2n) is 7.18. The van der Waals surface area contributed by atoms with Gasteiger partial charge >= 0.3 is 0 Å². The van der Waals surface area contributed by atoms with E-state index in [9.17, 15) is 9.59 Å². The van der Waals surface area contributed by atoms with E-state index in [4.69, 9.17) is 9.47 Å². The molecule has 0 atom stereocenters. The smallest absolute Gasteiger partial charge is 0.272 e. The molecule has 2 amide bonds. The van der Waals surface area contributed by atoms with Crippen LogP contribution in [0.4, 0.5) is 0 Å². The van der Waals surface area contributed by atoms with E-state index in [0.29, 0.717) is 43.2 Å². The summed E-state index contributed by atoms with van der Waals surface area (Å²) < 4.78 is 10.7. The van der Waals surface area contributed by atoms with Crippen LogP contribution in [0, 0.1) is 5.92 Å². The number of aromatic amines is 1. The van der Waals surface area contributed by atoms with Gasteiger partial charge in [0, 0.05) is 43.2 Å². The number of ether oxygens (including phenoxy) is 2. The number of benzene rings is 1. The largest absolute Gasteiger partial charge is 0.454 e. The highest BCUT2D eigenvalue weighted by Crippen LogP contribution is 2.33. The summed E-state index contributed by atoms with van der Waals surface area (Å²) in [5.74, 6) is 1.54. The normalized spacial score (nSPS) is 17.6. The number of aromatic nitrogens is 2. The average molecular weight is 368 g/mol. The van der Waals surface area contributed by atoms with Gasteiger partial charge in [-0.25, -0.2) is 0 Å². The van der Waals surface area contributed by atoms with E-state index in [0.717, 1.165) is 29.7 Å². The van der Waals surface area contributed by atoms with Gasteiger partial charge in [-0.15, -0.1) is 0 Å². The molecule has 3 aliphatic rings. The number of nitrogens with one attached hydrogen (secondary N) is 2. The zero-order valence-corrected chi connectivity index (χ0v) is 14.8. The minimum Gasteiger partial charge on any atom is -0.454 e. The molecule has 1 aliphatic carbocycles. The fourth-order valence-electron chi connectivity index (χ4n) is 3.58. The van der Waals surface area contributed by atoms with E-state index in [1.54, 1.807) is 0 Å². The molecule has 8 heteroatoms. The van der Waals surface area contributed by atoms with Crippen molar-refractivity contribution in [3.63, 3.8) is 0 Å². The second kappa shape index (κ2) is 6.29. The summed E-state index contributed by atoms with van der Waals surface area (Å²) in [6.45, 7) is 1.72.